The molecule has 0 saturated heterocycles. The van der Waals surface area contributed by atoms with Gasteiger partial charge in [0, 0.05) is 19.3 Å². The maximum absolute atomic E-state index is 12.8. The van der Waals surface area contributed by atoms with Crippen LogP contribution in [0.25, 0.3) is 0 Å². The molecule has 8 nitrogen and oxygen atoms in total. The molecule has 0 aliphatic heterocycles. The molecule has 374 valence electrons. The standard InChI is InChI=1S/C56H103NO7/c1-6-8-10-12-14-16-18-20-22-24-26-27-28-29-31-32-34-36-38-40-42-44-46-54(58)63-51-52(50-62-49-48-53(56(60)61)57(3,4)5)64-55(59)47-45-43-41-39-37-35-33-30-25-23-21-19-17-15-13-11-9-7-2/h24,26,28-30,33,52-53H,6-23,25,27,31-32,34-51H2,1-5H3/b26-24+,29-28+,33-30+. The van der Waals surface area contributed by atoms with Crippen LogP contribution in [0.1, 0.15) is 251 Å². The Morgan fingerprint density at radius 3 is 1.22 bits per heavy atom. The zero-order valence-electron chi connectivity index (χ0n) is 42.7. The van der Waals surface area contributed by atoms with Crippen molar-refractivity contribution in [3.8, 4) is 0 Å². The van der Waals surface area contributed by atoms with Gasteiger partial charge in [0.1, 0.15) is 12.6 Å². The van der Waals surface area contributed by atoms with Gasteiger partial charge in [-0.3, -0.25) is 9.59 Å². The Kier molecular flexibility index (Phi) is 45.3. The van der Waals surface area contributed by atoms with Crippen molar-refractivity contribution < 1.29 is 38.2 Å². The van der Waals surface area contributed by atoms with E-state index < -0.39 is 18.1 Å². The Balaban J connectivity index is 4.23. The summed E-state index contributed by atoms with van der Waals surface area (Å²) in [5.41, 5.74) is 0. The minimum absolute atomic E-state index is 0.0365. The molecule has 0 saturated carbocycles. The van der Waals surface area contributed by atoms with Crippen molar-refractivity contribution in [1.29, 1.82) is 0 Å². The summed E-state index contributed by atoms with van der Waals surface area (Å²) < 4.78 is 17.3. The lowest BCUT2D eigenvalue weighted by Crippen LogP contribution is -2.55. The molecule has 0 aromatic rings. The normalized spacial score (nSPS) is 13.1. The van der Waals surface area contributed by atoms with Gasteiger partial charge in [-0.05, 0) is 70.6 Å². The number of hydrogen-bond acceptors (Lipinski definition) is 7. The molecule has 0 aliphatic rings. The molecule has 0 rings (SSSR count). The third kappa shape index (κ3) is 44.7. The average molecular weight is 902 g/mol. The minimum atomic E-state index is -1.13. The van der Waals surface area contributed by atoms with Crippen LogP contribution in [0.15, 0.2) is 36.5 Å². The van der Waals surface area contributed by atoms with Crippen molar-refractivity contribution in [2.45, 2.75) is 264 Å². The molecule has 2 unspecified atom stereocenters. The maximum atomic E-state index is 12.8. The molecule has 0 radical (unpaired) electrons. The summed E-state index contributed by atoms with van der Waals surface area (Å²) in [5.74, 6) is -1.74. The first kappa shape index (κ1) is 61.5. The Labute approximate surface area is 395 Å². The van der Waals surface area contributed by atoms with Crippen molar-refractivity contribution in [3.05, 3.63) is 36.5 Å². The monoisotopic (exact) mass is 902 g/mol. The summed E-state index contributed by atoms with van der Waals surface area (Å²) in [6.07, 6.45) is 56.1. The fourth-order valence-corrected chi connectivity index (χ4v) is 8.04. The molecule has 0 N–H and O–H groups in total. The minimum Gasteiger partial charge on any atom is -0.544 e. The highest BCUT2D eigenvalue weighted by Crippen LogP contribution is 2.15. The summed E-state index contributed by atoms with van der Waals surface area (Å²) >= 11 is 0. The first-order valence-electron chi connectivity index (χ1n) is 27.0. The van der Waals surface area contributed by atoms with Gasteiger partial charge in [0.25, 0.3) is 0 Å². The number of aliphatic carboxylic acids is 1. The van der Waals surface area contributed by atoms with Crippen LogP contribution in [0.2, 0.25) is 0 Å². The lowest BCUT2D eigenvalue weighted by atomic mass is 10.1. The first-order chi connectivity index (χ1) is 31.1. The van der Waals surface area contributed by atoms with E-state index >= 15 is 0 Å². The van der Waals surface area contributed by atoms with E-state index in [1.165, 1.54) is 154 Å². The van der Waals surface area contributed by atoms with Crippen LogP contribution in [0.3, 0.4) is 0 Å². The van der Waals surface area contributed by atoms with E-state index in [2.05, 4.69) is 50.3 Å². The van der Waals surface area contributed by atoms with E-state index in [-0.39, 0.29) is 42.7 Å². The molecule has 0 fully saturated rings. The number of rotatable bonds is 49. The van der Waals surface area contributed by atoms with Gasteiger partial charge in [0.2, 0.25) is 0 Å². The fourth-order valence-electron chi connectivity index (χ4n) is 8.04. The second-order valence-electron chi connectivity index (χ2n) is 19.5. The highest BCUT2D eigenvalue weighted by atomic mass is 16.6. The van der Waals surface area contributed by atoms with Crippen LogP contribution in [0, 0.1) is 0 Å². The summed E-state index contributed by atoms with van der Waals surface area (Å²) in [5, 5.41) is 11.7. The van der Waals surface area contributed by atoms with E-state index in [4.69, 9.17) is 14.2 Å². The van der Waals surface area contributed by atoms with E-state index in [0.29, 0.717) is 12.8 Å². The number of quaternary nitrogens is 1. The molecular weight excluding hydrogens is 799 g/mol. The molecule has 0 heterocycles. The Hall–Kier alpha value is -2.45. The van der Waals surface area contributed by atoms with Crippen molar-refractivity contribution >= 4 is 17.9 Å². The molecular formula is C56H103NO7. The number of allylic oxidation sites excluding steroid dienone is 6. The number of unbranched alkanes of at least 4 members (excludes halogenated alkanes) is 29. The van der Waals surface area contributed by atoms with Crippen LogP contribution in [-0.2, 0) is 28.6 Å². The third-order valence-corrected chi connectivity index (χ3v) is 12.2. The first-order valence-corrected chi connectivity index (χ1v) is 27.0. The van der Waals surface area contributed by atoms with Crippen molar-refractivity contribution in [2.24, 2.45) is 0 Å². The lowest BCUT2D eigenvalue weighted by molar-refractivity contribution is -0.889. The van der Waals surface area contributed by atoms with Crippen LogP contribution >= 0.6 is 0 Å². The van der Waals surface area contributed by atoms with Gasteiger partial charge in [0.05, 0.1) is 40.3 Å². The van der Waals surface area contributed by atoms with E-state index in [9.17, 15) is 19.5 Å². The number of esters is 2. The zero-order chi connectivity index (χ0) is 47.0. The fraction of sp³-hybridized carbons (Fsp3) is 0.839. The molecule has 2 atom stereocenters. The molecule has 0 amide bonds. The summed E-state index contributed by atoms with van der Waals surface area (Å²) in [6.45, 7) is 4.68. The molecule has 0 aromatic heterocycles. The van der Waals surface area contributed by atoms with Gasteiger partial charge in [-0.25, -0.2) is 0 Å². The van der Waals surface area contributed by atoms with Gasteiger partial charge >= 0.3 is 11.9 Å². The maximum Gasteiger partial charge on any atom is 0.306 e. The number of likely N-dealkylation sites (N-methyl/N-ethyl adjacent to an activating group) is 1. The van der Waals surface area contributed by atoms with E-state index in [1.54, 1.807) is 21.1 Å². The summed E-state index contributed by atoms with van der Waals surface area (Å²) in [4.78, 5) is 37.1. The SMILES string of the molecule is CCCCCCCCCC/C=C/C/C=C/CCCCCCCCCC(=O)OCC(COCCC(C(=O)[O-])[N+](C)(C)C)OC(=O)CCCCCCC/C=C/CCCCCCCCCCC. The van der Waals surface area contributed by atoms with E-state index in [0.717, 1.165) is 64.2 Å². The predicted molar refractivity (Wildman–Crippen MR) is 268 cm³/mol. The topological polar surface area (TPSA) is 102 Å². The molecule has 0 bridgehead atoms. The van der Waals surface area contributed by atoms with Crippen molar-refractivity contribution in [3.63, 3.8) is 0 Å². The number of carboxylic acids is 1. The van der Waals surface area contributed by atoms with E-state index in [1.807, 2.05) is 0 Å². The Morgan fingerprint density at radius 2 is 0.828 bits per heavy atom. The Bertz CT molecular complexity index is 1140. The average Bonchev–Trinajstić information content (AvgIpc) is 3.26. The van der Waals surface area contributed by atoms with Gasteiger partial charge in [-0.2, -0.15) is 0 Å². The number of carbonyl (C=O) groups excluding carboxylic acids is 3. The van der Waals surface area contributed by atoms with Crippen LogP contribution in [0.5, 0.6) is 0 Å². The highest BCUT2D eigenvalue weighted by Gasteiger charge is 2.25. The highest BCUT2D eigenvalue weighted by molar-refractivity contribution is 5.70. The number of ether oxygens (including phenoxy) is 3. The number of carbonyl (C=O) groups is 3. The largest absolute Gasteiger partial charge is 0.544 e. The van der Waals surface area contributed by atoms with Crippen LogP contribution in [0.4, 0.5) is 0 Å². The Morgan fingerprint density at radius 1 is 0.469 bits per heavy atom. The van der Waals surface area contributed by atoms with Crippen LogP contribution in [-0.4, -0.2) is 75.5 Å². The second kappa shape index (κ2) is 47.1. The molecule has 0 aromatic carbocycles. The molecule has 64 heavy (non-hydrogen) atoms. The number of hydrogen-bond donors (Lipinski definition) is 0. The van der Waals surface area contributed by atoms with Crippen molar-refractivity contribution in [2.75, 3.05) is 41.0 Å². The molecule has 0 spiro atoms. The van der Waals surface area contributed by atoms with Crippen molar-refractivity contribution in [1.82, 2.24) is 0 Å². The smallest absolute Gasteiger partial charge is 0.306 e. The van der Waals surface area contributed by atoms with Gasteiger partial charge in [-0.15, -0.1) is 0 Å². The molecule has 0 aliphatic carbocycles. The number of carboxylic acid groups (broad SMARTS) is 1. The number of nitrogens with zero attached hydrogens (tertiary/aromatic N) is 1. The molecule has 8 heteroatoms. The summed E-state index contributed by atoms with van der Waals surface area (Å²) in [6, 6.07) is -0.729. The quantitative estimate of drug-likeness (QED) is 0.0259. The summed E-state index contributed by atoms with van der Waals surface area (Å²) in [7, 11) is 5.42. The van der Waals surface area contributed by atoms with Crippen LogP contribution < -0.4 is 5.11 Å². The second-order valence-corrected chi connectivity index (χ2v) is 19.5. The lowest BCUT2D eigenvalue weighted by Gasteiger charge is -2.34. The third-order valence-electron chi connectivity index (χ3n) is 12.2. The van der Waals surface area contributed by atoms with Gasteiger partial charge in [0.15, 0.2) is 6.10 Å². The zero-order valence-corrected chi connectivity index (χ0v) is 42.7. The van der Waals surface area contributed by atoms with Gasteiger partial charge in [-0.1, -0.05) is 198 Å². The van der Waals surface area contributed by atoms with Gasteiger partial charge < -0.3 is 28.6 Å². The predicted octanol–water partition coefficient (Wildman–Crippen LogP) is 14.4.